The van der Waals surface area contributed by atoms with Crippen molar-refractivity contribution in [2.45, 2.75) is 26.8 Å². The van der Waals surface area contributed by atoms with Crippen LogP contribution in [0, 0.1) is 0 Å². The highest BCUT2D eigenvalue weighted by Crippen LogP contribution is 2.39. The summed E-state index contributed by atoms with van der Waals surface area (Å²) >= 11 is 7.14. The van der Waals surface area contributed by atoms with Crippen LogP contribution in [-0.2, 0) is 4.79 Å². The van der Waals surface area contributed by atoms with Gasteiger partial charge < -0.3 is 9.47 Å². The minimum Gasteiger partial charge on any atom is -0.493 e. The third kappa shape index (κ3) is 3.64. The zero-order chi connectivity index (χ0) is 17.1. The van der Waals surface area contributed by atoms with Crippen LogP contribution in [0.3, 0.4) is 0 Å². The van der Waals surface area contributed by atoms with E-state index in [4.69, 9.17) is 21.1 Å². The molecule has 0 bridgehead atoms. The summed E-state index contributed by atoms with van der Waals surface area (Å²) in [6, 6.07) is 3.23. The number of rotatable bonds is 5. The Morgan fingerprint density at radius 3 is 2.57 bits per heavy atom. The van der Waals surface area contributed by atoms with Gasteiger partial charge >= 0.3 is 0 Å². The fourth-order valence-corrected chi connectivity index (χ4v) is 3.42. The quantitative estimate of drug-likeness (QED) is 0.741. The van der Waals surface area contributed by atoms with Crippen molar-refractivity contribution in [2.24, 2.45) is 0 Å². The molecule has 0 N–H and O–H groups in total. The second-order valence-electron chi connectivity index (χ2n) is 5.11. The van der Waals surface area contributed by atoms with E-state index in [1.165, 1.54) is 12.0 Å². The fraction of sp³-hybridized carbons (Fsp3) is 0.375. The van der Waals surface area contributed by atoms with E-state index < -0.39 is 0 Å². The number of thioether (sulfide) groups is 1. The average molecular weight is 356 g/mol. The van der Waals surface area contributed by atoms with Crippen molar-refractivity contribution in [2.75, 3.05) is 13.7 Å². The summed E-state index contributed by atoms with van der Waals surface area (Å²) in [6.45, 7) is 5.92. The van der Waals surface area contributed by atoms with Gasteiger partial charge in [-0.1, -0.05) is 11.6 Å². The van der Waals surface area contributed by atoms with Gasteiger partial charge in [-0.3, -0.25) is 14.5 Å². The van der Waals surface area contributed by atoms with E-state index in [0.29, 0.717) is 33.6 Å². The van der Waals surface area contributed by atoms with E-state index >= 15 is 0 Å². The minimum atomic E-state index is -0.293. The van der Waals surface area contributed by atoms with Gasteiger partial charge in [0.1, 0.15) is 0 Å². The highest BCUT2D eigenvalue weighted by atomic mass is 35.5. The molecule has 0 unspecified atom stereocenters. The summed E-state index contributed by atoms with van der Waals surface area (Å²) in [7, 11) is 1.52. The second kappa shape index (κ2) is 7.27. The number of benzene rings is 1. The fourth-order valence-electron chi connectivity index (χ4n) is 2.18. The van der Waals surface area contributed by atoms with E-state index in [2.05, 4.69) is 0 Å². The number of hydrogen-bond donors (Lipinski definition) is 0. The Labute approximate surface area is 144 Å². The van der Waals surface area contributed by atoms with Crippen LogP contribution in [0.1, 0.15) is 26.3 Å². The van der Waals surface area contributed by atoms with Crippen molar-refractivity contribution in [1.82, 2.24) is 4.90 Å². The average Bonchev–Trinajstić information content (AvgIpc) is 2.75. The number of amides is 2. The predicted molar refractivity (Wildman–Crippen MR) is 92.1 cm³/mol. The summed E-state index contributed by atoms with van der Waals surface area (Å²) < 4.78 is 10.7. The van der Waals surface area contributed by atoms with E-state index in [1.807, 2.05) is 6.92 Å². The van der Waals surface area contributed by atoms with Crippen molar-refractivity contribution in [3.8, 4) is 11.5 Å². The van der Waals surface area contributed by atoms with Crippen molar-refractivity contribution in [3.05, 3.63) is 27.6 Å². The topological polar surface area (TPSA) is 55.8 Å². The monoisotopic (exact) mass is 355 g/mol. The highest BCUT2D eigenvalue weighted by molar-refractivity contribution is 8.18. The Kier molecular flexibility index (Phi) is 5.59. The van der Waals surface area contributed by atoms with Crippen molar-refractivity contribution < 1.29 is 19.1 Å². The van der Waals surface area contributed by atoms with E-state index in [1.54, 1.807) is 32.1 Å². The van der Waals surface area contributed by atoms with Crippen LogP contribution in [-0.4, -0.2) is 35.8 Å². The molecule has 5 nitrogen and oxygen atoms in total. The first kappa shape index (κ1) is 17.7. The Morgan fingerprint density at radius 2 is 2.04 bits per heavy atom. The standard InChI is InChI=1S/C16H18ClNO4S/c1-5-22-14-11(17)6-10(7-12(14)21-4)8-13-15(19)18(9(2)3)16(20)23-13/h6-9H,5H2,1-4H3. The Balaban J connectivity index is 2.38. The molecule has 0 radical (unpaired) electrons. The molecule has 0 atom stereocenters. The van der Waals surface area contributed by atoms with Gasteiger partial charge in [0.15, 0.2) is 11.5 Å². The van der Waals surface area contributed by atoms with Gasteiger partial charge in [0, 0.05) is 6.04 Å². The minimum absolute atomic E-state index is 0.174. The van der Waals surface area contributed by atoms with Crippen molar-refractivity contribution in [1.29, 1.82) is 0 Å². The van der Waals surface area contributed by atoms with E-state index in [-0.39, 0.29) is 17.2 Å². The molecule has 2 amide bonds. The lowest BCUT2D eigenvalue weighted by Crippen LogP contribution is -2.34. The summed E-state index contributed by atoms with van der Waals surface area (Å²) in [5.41, 5.74) is 0.671. The third-order valence-electron chi connectivity index (χ3n) is 3.18. The molecule has 1 aliphatic rings. The smallest absolute Gasteiger partial charge is 0.293 e. The first-order valence-electron chi connectivity index (χ1n) is 7.16. The molecule has 1 aromatic carbocycles. The van der Waals surface area contributed by atoms with E-state index in [0.717, 1.165) is 11.8 Å². The van der Waals surface area contributed by atoms with Crippen LogP contribution >= 0.6 is 23.4 Å². The molecular weight excluding hydrogens is 338 g/mol. The number of nitrogens with zero attached hydrogens (tertiary/aromatic N) is 1. The highest BCUT2D eigenvalue weighted by Gasteiger charge is 2.36. The second-order valence-corrected chi connectivity index (χ2v) is 6.51. The molecule has 1 saturated heterocycles. The number of carbonyl (C=O) groups excluding carboxylic acids is 2. The lowest BCUT2D eigenvalue weighted by molar-refractivity contribution is -0.123. The molecule has 124 valence electrons. The molecule has 1 aromatic rings. The summed E-state index contributed by atoms with van der Waals surface area (Å²) in [6.07, 6.45) is 1.64. The lowest BCUT2D eigenvalue weighted by atomic mass is 10.1. The van der Waals surface area contributed by atoms with Crippen LogP contribution in [0.2, 0.25) is 5.02 Å². The summed E-state index contributed by atoms with van der Waals surface area (Å²) in [5.74, 6) is 0.650. The number of carbonyl (C=O) groups is 2. The lowest BCUT2D eigenvalue weighted by Gasteiger charge is -2.16. The maximum absolute atomic E-state index is 12.3. The van der Waals surface area contributed by atoms with Gasteiger partial charge in [0.25, 0.3) is 11.1 Å². The van der Waals surface area contributed by atoms with Gasteiger partial charge in [0.2, 0.25) is 0 Å². The summed E-state index contributed by atoms with van der Waals surface area (Å²) in [4.78, 5) is 25.8. The first-order valence-corrected chi connectivity index (χ1v) is 8.35. The number of ether oxygens (including phenoxy) is 2. The number of imide groups is 1. The van der Waals surface area contributed by atoms with Gasteiger partial charge in [-0.2, -0.15) is 0 Å². The van der Waals surface area contributed by atoms with Crippen molar-refractivity contribution in [3.63, 3.8) is 0 Å². The van der Waals surface area contributed by atoms with Crippen LogP contribution in [0.25, 0.3) is 6.08 Å². The Bertz CT molecular complexity index is 672. The maximum Gasteiger partial charge on any atom is 0.293 e. The van der Waals surface area contributed by atoms with Crippen LogP contribution in [0.4, 0.5) is 4.79 Å². The molecular formula is C16H18ClNO4S. The molecule has 1 fully saturated rings. The molecule has 1 heterocycles. The van der Waals surface area contributed by atoms with Gasteiger partial charge in [-0.05, 0) is 56.3 Å². The molecule has 23 heavy (non-hydrogen) atoms. The number of hydrogen-bond acceptors (Lipinski definition) is 5. The van der Waals surface area contributed by atoms with E-state index in [9.17, 15) is 9.59 Å². The van der Waals surface area contributed by atoms with Crippen LogP contribution in [0.5, 0.6) is 11.5 Å². The Hall–Kier alpha value is -1.66. The Morgan fingerprint density at radius 1 is 1.35 bits per heavy atom. The van der Waals surface area contributed by atoms with Gasteiger partial charge in [-0.15, -0.1) is 0 Å². The predicted octanol–water partition coefficient (Wildman–Crippen LogP) is 4.19. The molecule has 0 saturated carbocycles. The molecule has 0 aliphatic carbocycles. The maximum atomic E-state index is 12.3. The molecule has 0 spiro atoms. The van der Waals surface area contributed by atoms with Crippen molar-refractivity contribution >= 4 is 40.6 Å². The first-order chi connectivity index (χ1) is 10.9. The molecule has 0 aromatic heterocycles. The normalized spacial score (nSPS) is 16.6. The van der Waals surface area contributed by atoms with Crippen LogP contribution < -0.4 is 9.47 Å². The molecule has 2 rings (SSSR count). The van der Waals surface area contributed by atoms with Crippen LogP contribution in [0.15, 0.2) is 17.0 Å². The SMILES string of the molecule is CCOc1c(Cl)cc(C=C2SC(=O)N(C(C)C)C2=O)cc1OC. The number of halogens is 1. The molecule has 7 heteroatoms. The third-order valence-corrected chi connectivity index (χ3v) is 4.34. The van der Waals surface area contributed by atoms with Gasteiger partial charge in [-0.25, -0.2) is 0 Å². The zero-order valence-corrected chi connectivity index (χ0v) is 15.0. The van der Waals surface area contributed by atoms with Gasteiger partial charge in [0.05, 0.1) is 23.6 Å². The summed E-state index contributed by atoms with van der Waals surface area (Å²) in [5, 5.41) is 0.126. The largest absolute Gasteiger partial charge is 0.493 e. The zero-order valence-electron chi connectivity index (χ0n) is 13.4. The molecule has 1 aliphatic heterocycles. The number of methoxy groups -OCH3 is 1.